The van der Waals surface area contributed by atoms with Gasteiger partial charge in [-0.15, -0.1) is 0 Å². The van der Waals surface area contributed by atoms with Crippen LogP contribution in [0.25, 0.3) is 0 Å². The van der Waals surface area contributed by atoms with Crippen molar-refractivity contribution in [3.8, 4) is 0 Å². The fourth-order valence-corrected chi connectivity index (χ4v) is 6.14. The van der Waals surface area contributed by atoms with Crippen LogP contribution in [0.2, 0.25) is 0 Å². The molecule has 2 aromatic heterocycles. The number of hydrogen-bond acceptors (Lipinski definition) is 4. The molecule has 1 aliphatic rings. The summed E-state index contributed by atoms with van der Waals surface area (Å²) in [6.07, 6.45) is 18.4. The molecule has 1 fully saturated rings. The second-order valence-corrected chi connectivity index (χ2v) is 10.9. The van der Waals surface area contributed by atoms with Gasteiger partial charge in [0.2, 0.25) is 0 Å². The van der Waals surface area contributed by atoms with Crippen molar-refractivity contribution >= 4 is 5.91 Å². The Bertz CT molecular complexity index is 1010. The van der Waals surface area contributed by atoms with Gasteiger partial charge >= 0.3 is 0 Å². The molecule has 1 aromatic carbocycles. The van der Waals surface area contributed by atoms with E-state index in [4.69, 9.17) is 0 Å². The van der Waals surface area contributed by atoms with Gasteiger partial charge in [-0.25, -0.2) is 9.97 Å². The molecule has 0 radical (unpaired) electrons. The fourth-order valence-electron chi connectivity index (χ4n) is 6.14. The number of aryl methyl sites for hydroxylation is 1. The Morgan fingerprint density at radius 2 is 1.53 bits per heavy atom. The number of carbonyl (C=O) groups is 1. The summed E-state index contributed by atoms with van der Waals surface area (Å²) in [7, 11) is 0. The third-order valence-corrected chi connectivity index (χ3v) is 8.30. The minimum Gasteiger partial charge on any atom is -0.347 e. The third-order valence-electron chi connectivity index (χ3n) is 8.30. The van der Waals surface area contributed by atoms with Crippen LogP contribution in [0.3, 0.4) is 0 Å². The van der Waals surface area contributed by atoms with Crippen molar-refractivity contribution in [2.45, 2.75) is 104 Å². The Hall–Kier alpha value is -2.93. The van der Waals surface area contributed by atoms with Gasteiger partial charge in [0.15, 0.2) is 0 Å². The smallest absolute Gasteiger partial charge is 0.254 e. The molecule has 2 heterocycles. The van der Waals surface area contributed by atoms with Crippen molar-refractivity contribution in [3.05, 3.63) is 71.8 Å². The lowest BCUT2D eigenvalue weighted by Gasteiger charge is -2.41. The number of H-pyrrole nitrogens is 2. The summed E-state index contributed by atoms with van der Waals surface area (Å²) in [4.78, 5) is 32.8. The summed E-state index contributed by atoms with van der Waals surface area (Å²) in [5, 5.41) is 0. The summed E-state index contributed by atoms with van der Waals surface area (Å²) >= 11 is 0. The first-order valence-electron chi connectivity index (χ1n) is 14.7. The lowest BCUT2D eigenvalue weighted by Crippen LogP contribution is -2.45. The largest absolute Gasteiger partial charge is 0.347 e. The van der Waals surface area contributed by atoms with Crippen LogP contribution in [-0.2, 0) is 19.5 Å². The molecule has 1 saturated carbocycles. The van der Waals surface area contributed by atoms with E-state index in [0.29, 0.717) is 18.7 Å². The Balaban J connectivity index is 1.29. The summed E-state index contributed by atoms with van der Waals surface area (Å²) in [6.45, 7) is 9.06. The molecule has 1 aliphatic carbocycles. The highest BCUT2D eigenvalue weighted by Crippen LogP contribution is 2.32. The molecule has 7 nitrogen and oxygen atoms in total. The maximum atomic E-state index is 13.4. The van der Waals surface area contributed by atoms with E-state index in [2.05, 4.69) is 57.7 Å². The molecular formula is C31H46N6O. The van der Waals surface area contributed by atoms with E-state index in [1.54, 1.807) is 29.7 Å². The molecule has 0 spiro atoms. The monoisotopic (exact) mass is 518 g/mol. The highest BCUT2D eigenvalue weighted by molar-refractivity contribution is 5.94. The minimum absolute atomic E-state index is 0.0169. The minimum atomic E-state index is -0.0169. The molecular weight excluding hydrogens is 472 g/mol. The van der Waals surface area contributed by atoms with E-state index < -0.39 is 0 Å². The molecule has 4 rings (SSSR count). The van der Waals surface area contributed by atoms with Crippen LogP contribution in [0.15, 0.2) is 49.1 Å². The number of hydrogen-bond donors (Lipinski definition) is 2. The van der Waals surface area contributed by atoms with Crippen molar-refractivity contribution < 1.29 is 4.79 Å². The number of amides is 1. The van der Waals surface area contributed by atoms with E-state index in [-0.39, 0.29) is 5.91 Å². The number of nitrogens with zero attached hydrogens (tertiary/aromatic N) is 4. The van der Waals surface area contributed by atoms with Crippen LogP contribution in [0.4, 0.5) is 0 Å². The van der Waals surface area contributed by atoms with Gasteiger partial charge < -0.3 is 14.9 Å². The maximum Gasteiger partial charge on any atom is 0.254 e. The molecule has 0 saturated heterocycles. The normalized spacial score (nSPS) is 17.8. The van der Waals surface area contributed by atoms with Crippen LogP contribution < -0.4 is 0 Å². The van der Waals surface area contributed by atoms with Crippen LogP contribution >= 0.6 is 0 Å². The number of aromatic amines is 2. The van der Waals surface area contributed by atoms with E-state index in [1.165, 1.54) is 63.5 Å². The zero-order valence-corrected chi connectivity index (χ0v) is 23.5. The number of rotatable bonds is 14. The van der Waals surface area contributed by atoms with Gasteiger partial charge in [0.05, 0.1) is 13.1 Å². The number of carbonyl (C=O) groups excluding carboxylic acids is 1. The average Bonchev–Trinajstić information content (AvgIpc) is 3.67. The fraction of sp³-hybridized carbons (Fsp3) is 0.581. The number of benzene rings is 1. The molecule has 3 aromatic rings. The SMILES string of the molecule is CCCN(C(CC)CC)C1CCC(CCc2ccc(C(=O)N(Cc3ncc[nH]3)Cc3ncc[nH]3)cc2)CC1. The first-order valence-corrected chi connectivity index (χ1v) is 14.7. The summed E-state index contributed by atoms with van der Waals surface area (Å²) in [6, 6.07) is 9.73. The molecule has 38 heavy (non-hydrogen) atoms. The van der Waals surface area contributed by atoms with Gasteiger partial charge in [-0.2, -0.15) is 0 Å². The second kappa shape index (κ2) is 14.3. The van der Waals surface area contributed by atoms with Gasteiger partial charge in [0, 0.05) is 42.4 Å². The average molecular weight is 519 g/mol. The van der Waals surface area contributed by atoms with Crippen molar-refractivity contribution in [2.75, 3.05) is 6.54 Å². The molecule has 0 aliphatic heterocycles. The third kappa shape index (κ3) is 7.56. The van der Waals surface area contributed by atoms with Gasteiger partial charge in [0.25, 0.3) is 5.91 Å². The quantitative estimate of drug-likeness (QED) is 0.260. The van der Waals surface area contributed by atoms with Crippen LogP contribution in [0.5, 0.6) is 0 Å². The van der Waals surface area contributed by atoms with E-state index in [0.717, 1.165) is 36.1 Å². The van der Waals surface area contributed by atoms with Crippen LogP contribution in [0, 0.1) is 5.92 Å². The van der Waals surface area contributed by atoms with Gasteiger partial charge in [0.1, 0.15) is 11.6 Å². The predicted octanol–water partition coefficient (Wildman–Crippen LogP) is 6.37. The molecule has 206 valence electrons. The van der Waals surface area contributed by atoms with Crippen molar-refractivity contribution in [1.29, 1.82) is 0 Å². The molecule has 0 atom stereocenters. The molecule has 0 bridgehead atoms. The number of aromatic nitrogens is 4. The summed E-state index contributed by atoms with van der Waals surface area (Å²) < 4.78 is 0. The second-order valence-electron chi connectivity index (χ2n) is 10.9. The molecule has 7 heteroatoms. The van der Waals surface area contributed by atoms with Gasteiger partial charge in [-0.3, -0.25) is 9.69 Å². The van der Waals surface area contributed by atoms with Crippen molar-refractivity contribution in [3.63, 3.8) is 0 Å². The first-order chi connectivity index (χ1) is 18.6. The van der Waals surface area contributed by atoms with Crippen molar-refractivity contribution in [1.82, 2.24) is 29.7 Å². The number of imidazole rings is 2. The Labute approximate surface area is 228 Å². The van der Waals surface area contributed by atoms with E-state index in [1.807, 2.05) is 12.1 Å². The lowest BCUT2D eigenvalue weighted by molar-refractivity contribution is 0.0721. The topological polar surface area (TPSA) is 80.9 Å². The summed E-state index contributed by atoms with van der Waals surface area (Å²) in [5.41, 5.74) is 2.02. The predicted molar refractivity (Wildman–Crippen MR) is 153 cm³/mol. The van der Waals surface area contributed by atoms with E-state index in [9.17, 15) is 4.79 Å². The highest BCUT2D eigenvalue weighted by Gasteiger charge is 2.28. The Morgan fingerprint density at radius 3 is 2.03 bits per heavy atom. The molecule has 1 amide bonds. The van der Waals surface area contributed by atoms with Crippen LogP contribution in [0.1, 0.15) is 99.7 Å². The summed E-state index contributed by atoms with van der Waals surface area (Å²) in [5.74, 6) is 2.31. The first kappa shape index (κ1) is 28.1. The van der Waals surface area contributed by atoms with Crippen LogP contribution in [-0.4, -0.2) is 54.3 Å². The standard InChI is InChI=1S/C31H46N6O/c1-4-21-37(27(5-2)6-3)28-15-11-25(12-16-28)8-7-24-9-13-26(14-10-24)31(38)36(22-29-32-17-18-33-29)23-30-34-19-20-35-30/h9-10,13-14,17-20,25,27-28H,4-8,11-12,15-16,21-23H2,1-3H3,(H,32,33)(H,34,35). The van der Waals surface area contributed by atoms with Gasteiger partial charge in [-0.05, 0) is 87.9 Å². The molecule has 2 N–H and O–H groups in total. The molecule has 0 unspecified atom stereocenters. The number of nitrogens with one attached hydrogen (secondary N) is 2. The van der Waals surface area contributed by atoms with Crippen molar-refractivity contribution in [2.24, 2.45) is 5.92 Å². The Morgan fingerprint density at radius 1 is 0.921 bits per heavy atom. The zero-order valence-electron chi connectivity index (χ0n) is 23.5. The van der Waals surface area contributed by atoms with Gasteiger partial charge in [-0.1, -0.05) is 32.9 Å². The lowest BCUT2D eigenvalue weighted by atomic mass is 9.81. The zero-order chi connectivity index (χ0) is 26.7. The Kier molecular flexibility index (Phi) is 10.6. The highest BCUT2D eigenvalue weighted by atomic mass is 16.2. The maximum absolute atomic E-state index is 13.4. The van der Waals surface area contributed by atoms with E-state index >= 15 is 0 Å².